The van der Waals surface area contributed by atoms with E-state index in [1.54, 1.807) is 20.8 Å². The Balaban J connectivity index is 2.54. The van der Waals surface area contributed by atoms with Gasteiger partial charge in [0, 0.05) is 13.0 Å². The molecule has 0 aliphatic carbocycles. The second kappa shape index (κ2) is 8.54. The van der Waals surface area contributed by atoms with E-state index < -0.39 is 17.7 Å². The first-order valence-corrected chi connectivity index (χ1v) is 7.49. The lowest BCUT2D eigenvalue weighted by Crippen LogP contribution is -2.44. The molecule has 0 radical (unpaired) electrons. The normalized spacial score (nSPS) is 12.5. The van der Waals surface area contributed by atoms with Crippen molar-refractivity contribution < 1.29 is 19.4 Å². The number of ketones is 1. The Morgan fingerprint density at radius 2 is 1.86 bits per heavy atom. The van der Waals surface area contributed by atoms with Crippen molar-refractivity contribution in [3.05, 3.63) is 35.9 Å². The number of benzene rings is 1. The highest BCUT2D eigenvalue weighted by Crippen LogP contribution is 2.09. The van der Waals surface area contributed by atoms with Gasteiger partial charge in [-0.25, -0.2) is 4.79 Å². The molecular weight excluding hydrogens is 282 g/mol. The SMILES string of the molecule is CC(C)(C)OC(=O)N[C@@H](CCO)C(=O)CCc1ccccc1. The monoisotopic (exact) mass is 307 g/mol. The number of rotatable bonds is 7. The van der Waals surface area contributed by atoms with Gasteiger partial charge in [-0.2, -0.15) is 0 Å². The van der Waals surface area contributed by atoms with Gasteiger partial charge in [0.05, 0.1) is 6.04 Å². The van der Waals surface area contributed by atoms with E-state index in [2.05, 4.69) is 5.32 Å². The molecule has 0 fully saturated rings. The molecule has 0 saturated heterocycles. The maximum absolute atomic E-state index is 12.2. The largest absolute Gasteiger partial charge is 0.444 e. The lowest BCUT2D eigenvalue weighted by atomic mass is 10.0. The standard InChI is InChI=1S/C17H25NO4/c1-17(2,3)22-16(21)18-14(11-12-19)15(20)10-9-13-7-5-4-6-8-13/h4-8,14,19H,9-12H2,1-3H3,(H,18,21)/t14-/m0/s1. The average Bonchev–Trinajstić information content (AvgIpc) is 2.43. The van der Waals surface area contributed by atoms with E-state index in [9.17, 15) is 9.59 Å². The summed E-state index contributed by atoms with van der Waals surface area (Å²) in [6.45, 7) is 5.10. The molecule has 22 heavy (non-hydrogen) atoms. The van der Waals surface area contributed by atoms with Crippen molar-refractivity contribution >= 4 is 11.9 Å². The van der Waals surface area contributed by atoms with Gasteiger partial charge >= 0.3 is 6.09 Å². The van der Waals surface area contributed by atoms with Gasteiger partial charge in [0.15, 0.2) is 5.78 Å². The maximum Gasteiger partial charge on any atom is 0.408 e. The topological polar surface area (TPSA) is 75.6 Å². The summed E-state index contributed by atoms with van der Waals surface area (Å²) in [7, 11) is 0. The van der Waals surface area contributed by atoms with Gasteiger partial charge in [-0.15, -0.1) is 0 Å². The molecule has 0 aromatic heterocycles. The molecule has 0 aliphatic rings. The zero-order valence-electron chi connectivity index (χ0n) is 13.5. The van der Waals surface area contributed by atoms with Gasteiger partial charge in [0.1, 0.15) is 5.60 Å². The van der Waals surface area contributed by atoms with Gasteiger partial charge < -0.3 is 15.2 Å². The van der Waals surface area contributed by atoms with Crippen molar-refractivity contribution in [3.63, 3.8) is 0 Å². The Morgan fingerprint density at radius 1 is 1.23 bits per heavy atom. The predicted molar refractivity (Wildman–Crippen MR) is 84.6 cm³/mol. The van der Waals surface area contributed by atoms with E-state index in [1.807, 2.05) is 30.3 Å². The molecule has 1 rings (SSSR count). The van der Waals surface area contributed by atoms with Gasteiger partial charge in [-0.1, -0.05) is 30.3 Å². The summed E-state index contributed by atoms with van der Waals surface area (Å²) in [6.07, 6.45) is 0.466. The van der Waals surface area contributed by atoms with Crippen LogP contribution in [0.25, 0.3) is 0 Å². The van der Waals surface area contributed by atoms with Crippen molar-refractivity contribution in [1.82, 2.24) is 5.32 Å². The Hall–Kier alpha value is -1.88. The third-order valence-electron chi connectivity index (χ3n) is 3.00. The summed E-state index contributed by atoms with van der Waals surface area (Å²) >= 11 is 0. The van der Waals surface area contributed by atoms with Crippen LogP contribution in [0.1, 0.15) is 39.2 Å². The van der Waals surface area contributed by atoms with E-state index in [4.69, 9.17) is 9.84 Å². The van der Waals surface area contributed by atoms with E-state index >= 15 is 0 Å². The first kappa shape index (κ1) is 18.2. The van der Waals surface area contributed by atoms with Crippen LogP contribution in [0.2, 0.25) is 0 Å². The maximum atomic E-state index is 12.2. The van der Waals surface area contributed by atoms with Crippen LogP contribution in [0.4, 0.5) is 4.79 Å². The Kier molecular flexibility index (Phi) is 7.05. The lowest BCUT2D eigenvalue weighted by molar-refractivity contribution is -0.121. The highest BCUT2D eigenvalue weighted by molar-refractivity contribution is 5.87. The summed E-state index contributed by atoms with van der Waals surface area (Å²) < 4.78 is 5.14. The molecule has 5 nitrogen and oxygen atoms in total. The van der Waals surface area contributed by atoms with E-state index in [1.165, 1.54) is 0 Å². The van der Waals surface area contributed by atoms with E-state index in [0.29, 0.717) is 12.8 Å². The van der Waals surface area contributed by atoms with Crippen LogP contribution < -0.4 is 5.32 Å². The minimum Gasteiger partial charge on any atom is -0.444 e. The number of ether oxygens (including phenoxy) is 1. The predicted octanol–water partition coefficient (Wildman–Crippen LogP) is 2.46. The second-order valence-corrected chi connectivity index (χ2v) is 6.16. The second-order valence-electron chi connectivity index (χ2n) is 6.16. The van der Waals surface area contributed by atoms with Gasteiger partial charge in [-0.3, -0.25) is 4.79 Å². The van der Waals surface area contributed by atoms with E-state index in [-0.39, 0.29) is 18.8 Å². The molecule has 0 bridgehead atoms. The molecular formula is C17H25NO4. The number of aliphatic hydroxyl groups is 1. The fourth-order valence-corrected chi connectivity index (χ4v) is 1.98. The number of amides is 1. The zero-order valence-corrected chi connectivity index (χ0v) is 13.5. The number of carbonyl (C=O) groups excluding carboxylic acids is 2. The van der Waals surface area contributed by atoms with Crippen molar-refractivity contribution in [2.75, 3.05) is 6.61 Å². The summed E-state index contributed by atoms with van der Waals surface area (Å²) in [4.78, 5) is 24.0. The molecule has 1 aromatic rings. The molecule has 5 heteroatoms. The number of nitrogens with one attached hydrogen (secondary N) is 1. The summed E-state index contributed by atoms with van der Waals surface area (Å²) in [5, 5.41) is 11.6. The van der Waals surface area contributed by atoms with Crippen LogP contribution in [0.3, 0.4) is 0 Å². The summed E-state index contributed by atoms with van der Waals surface area (Å²) in [5.74, 6) is -0.108. The number of alkyl carbamates (subject to hydrolysis) is 1. The molecule has 0 heterocycles. The molecule has 1 atom stereocenters. The highest BCUT2D eigenvalue weighted by Gasteiger charge is 2.23. The van der Waals surface area contributed by atoms with Crippen LogP contribution in [0.15, 0.2) is 30.3 Å². The Labute approximate surface area is 131 Å². The molecule has 2 N–H and O–H groups in total. The van der Waals surface area contributed by atoms with Gasteiger partial charge in [0.25, 0.3) is 0 Å². The van der Waals surface area contributed by atoms with Crippen LogP contribution in [-0.2, 0) is 16.0 Å². The lowest BCUT2D eigenvalue weighted by Gasteiger charge is -2.22. The molecule has 1 aromatic carbocycles. The first-order valence-electron chi connectivity index (χ1n) is 7.49. The molecule has 0 saturated carbocycles. The molecule has 1 amide bonds. The fraction of sp³-hybridized carbons (Fsp3) is 0.529. The average molecular weight is 307 g/mol. The smallest absolute Gasteiger partial charge is 0.408 e. The third-order valence-corrected chi connectivity index (χ3v) is 3.00. The molecule has 0 aliphatic heterocycles. The Morgan fingerprint density at radius 3 is 2.41 bits per heavy atom. The highest BCUT2D eigenvalue weighted by atomic mass is 16.6. The van der Waals surface area contributed by atoms with Crippen molar-refractivity contribution in [2.45, 2.75) is 51.7 Å². The quantitative estimate of drug-likeness (QED) is 0.811. The summed E-state index contributed by atoms with van der Waals surface area (Å²) in [5.41, 5.74) is 0.442. The Bertz CT molecular complexity index is 479. The molecule has 0 unspecified atom stereocenters. The number of Topliss-reactive ketones (excluding diaryl/α,β-unsaturated/α-hetero) is 1. The van der Waals surface area contributed by atoms with Crippen LogP contribution in [0.5, 0.6) is 0 Å². The molecule has 0 spiro atoms. The van der Waals surface area contributed by atoms with Crippen molar-refractivity contribution in [1.29, 1.82) is 0 Å². The number of carbonyl (C=O) groups is 2. The number of hydrogen-bond acceptors (Lipinski definition) is 4. The van der Waals surface area contributed by atoms with E-state index in [0.717, 1.165) is 5.56 Å². The van der Waals surface area contributed by atoms with Gasteiger partial charge in [0.2, 0.25) is 0 Å². The first-order chi connectivity index (χ1) is 10.3. The summed E-state index contributed by atoms with van der Waals surface area (Å²) in [6, 6.07) is 8.95. The van der Waals surface area contributed by atoms with Crippen LogP contribution in [0, 0.1) is 0 Å². The van der Waals surface area contributed by atoms with Gasteiger partial charge in [-0.05, 0) is 39.2 Å². The fourth-order valence-electron chi connectivity index (χ4n) is 1.98. The minimum atomic E-state index is -0.719. The van der Waals surface area contributed by atoms with Crippen molar-refractivity contribution in [3.8, 4) is 0 Å². The van der Waals surface area contributed by atoms with Crippen molar-refractivity contribution in [2.24, 2.45) is 0 Å². The zero-order chi connectivity index (χ0) is 16.6. The number of aryl methyl sites for hydroxylation is 1. The molecule has 122 valence electrons. The third kappa shape index (κ3) is 7.22. The minimum absolute atomic E-state index is 0.108. The van der Waals surface area contributed by atoms with Crippen LogP contribution >= 0.6 is 0 Å². The van der Waals surface area contributed by atoms with Crippen LogP contribution in [-0.4, -0.2) is 35.2 Å². The number of aliphatic hydroxyl groups excluding tert-OH is 1. The number of hydrogen-bond donors (Lipinski definition) is 2.